The van der Waals surface area contributed by atoms with Gasteiger partial charge in [0.25, 0.3) is 0 Å². The third kappa shape index (κ3) is 3.03. The highest BCUT2D eigenvalue weighted by Crippen LogP contribution is 2.61. The van der Waals surface area contributed by atoms with E-state index in [1.807, 2.05) is 26.8 Å². The van der Waals surface area contributed by atoms with Crippen molar-refractivity contribution < 1.29 is 14.3 Å². The Morgan fingerprint density at radius 2 is 1.96 bits per heavy atom. The van der Waals surface area contributed by atoms with Crippen LogP contribution in [0, 0.1) is 22.7 Å². The first-order valence-corrected chi connectivity index (χ1v) is 10.5. The van der Waals surface area contributed by atoms with Gasteiger partial charge in [-0.2, -0.15) is 0 Å². The minimum absolute atomic E-state index is 0.0631. The number of ether oxygens (including phenoxy) is 1. The lowest BCUT2D eigenvalue weighted by molar-refractivity contribution is -0.167. The third-order valence-electron chi connectivity index (χ3n) is 7.66. The van der Waals surface area contributed by atoms with Gasteiger partial charge < -0.3 is 4.74 Å². The molecule has 0 bridgehead atoms. The van der Waals surface area contributed by atoms with Crippen molar-refractivity contribution in [1.29, 1.82) is 0 Å². The average molecular weight is 369 g/mol. The van der Waals surface area contributed by atoms with Crippen LogP contribution in [-0.4, -0.2) is 18.4 Å². The highest BCUT2D eigenvalue weighted by atomic mass is 16.5. The molecule has 3 nitrogen and oxygen atoms in total. The van der Waals surface area contributed by atoms with Crippen molar-refractivity contribution in [3.63, 3.8) is 0 Å². The summed E-state index contributed by atoms with van der Waals surface area (Å²) in [4.78, 5) is 23.6. The van der Waals surface area contributed by atoms with Gasteiger partial charge in [-0.15, -0.1) is 0 Å². The summed E-state index contributed by atoms with van der Waals surface area (Å²) >= 11 is 0. The maximum atomic E-state index is 12.5. The molecule has 3 heteroatoms. The van der Waals surface area contributed by atoms with Gasteiger partial charge >= 0.3 is 5.97 Å². The normalized spacial score (nSPS) is 35.0. The van der Waals surface area contributed by atoms with Gasteiger partial charge in [0.15, 0.2) is 0 Å². The van der Waals surface area contributed by atoms with Crippen molar-refractivity contribution in [2.45, 2.75) is 78.2 Å². The van der Waals surface area contributed by atoms with Gasteiger partial charge in [-0.25, -0.2) is 0 Å². The smallest absolute Gasteiger partial charge is 0.311 e. The molecule has 0 saturated heterocycles. The first kappa shape index (κ1) is 18.7. The molecule has 0 heterocycles. The number of aryl methyl sites for hydroxylation is 1. The van der Waals surface area contributed by atoms with Crippen molar-refractivity contribution >= 4 is 12.3 Å². The summed E-state index contributed by atoms with van der Waals surface area (Å²) in [5.74, 6) is 1.85. The van der Waals surface area contributed by atoms with Gasteiger partial charge in [0.2, 0.25) is 0 Å². The molecule has 2 fully saturated rings. The Morgan fingerprint density at radius 1 is 1.19 bits per heavy atom. The number of carbonyl (C=O) groups is 2. The second-order valence-corrected chi connectivity index (χ2v) is 10.3. The van der Waals surface area contributed by atoms with Crippen LogP contribution in [0.3, 0.4) is 0 Å². The van der Waals surface area contributed by atoms with Gasteiger partial charge in [0.05, 0.1) is 5.41 Å². The van der Waals surface area contributed by atoms with E-state index in [1.54, 1.807) is 0 Å². The summed E-state index contributed by atoms with van der Waals surface area (Å²) in [6, 6.07) is 6.27. The fourth-order valence-corrected chi connectivity index (χ4v) is 6.13. The minimum Gasteiger partial charge on any atom is -0.461 e. The highest BCUT2D eigenvalue weighted by Gasteiger charge is 2.56. The highest BCUT2D eigenvalue weighted by molar-refractivity contribution is 5.76. The Morgan fingerprint density at radius 3 is 2.67 bits per heavy atom. The van der Waals surface area contributed by atoms with Crippen LogP contribution >= 0.6 is 0 Å². The van der Waals surface area contributed by atoms with Crippen LogP contribution in [-0.2, 0) is 16.0 Å². The zero-order chi connectivity index (χ0) is 19.4. The van der Waals surface area contributed by atoms with Crippen molar-refractivity contribution in [2.75, 3.05) is 0 Å². The fraction of sp³-hybridized carbons (Fsp3) is 0.667. The molecule has 146 valence electrons. The largest absolute Gasteiger partial charge is 0.461 e. The van der Waals surface area contributed by atoms with E-state index in [1.165, 1.54) is 24.0 Å². The van der Waals surface area contributed by atoms with E-state index in [0.29, 0.717) is 17.8 Å². The molecule has 27 heavy (non-hydrogen) atoms. The van der Waals surface area contributed by atoms with E-state index in [2.05, 4.69) is 19.1 Å². The Balaban J connectivity index is 1.57. The lowest BCUT2D eigenvalue weighted by Crippen LogP contribution is -2.46. The summed E-state index contributed by atoms with van der Waals surface area (Å²) in [6.07, 6.45) is 7.73. The van der Waals surface area contributed by atoms with E-state index in [9.17, 15) is 9.59 Å². The van der Waals surface area contributed by atoms with Gasteiger partial charge in [-0.3, -0.25) is 9.59 Å². The van der Waals surface area contributed by atoms with Crippen molar-refractivity contribution in [2.24, 2.45) is 22.7 Å². The molecule has 0 aromatic heterocycles. The predicted octanol–water partition coefficient (Wildman–Crippen LogP) is 5.31. The molecule has 3 aliphatic rings. The van der Waals surface area contributed by atoms with Gasteiger partial charge in [-0.1, -0.05) is 19.1 Å². The molecular weight excluding hydrogens is 336 g/mol. The van der Waals surface area contributed by atoms with Crippen molar-refractivity contribution in [1.82, 2.24) is 0 Å². The summed E-state index contributed by atoms with van der Waals surface area (Å²) in [5.41, 5.74) is 3.31. The Hall–Kier alpha value is -1.64. The molecule has 0 amide bonds. The maximum Gasteiger partial charge on any atom is 0.311 e. The number of rotatable bonds is 2. The van der Waals surface area contributed by atoms with Crippen LogP contribution in [0.2, 0.25) is 0 Å². The number of hydrogen-bond donors (Lipinski definition) is 0. The number of carbonyl (C=O) groups excluding carboxylic acids is 2. The summed E-state index contributed by atoms with van der Waals surface area (Å²) in [6.45, 7) is 8.18. The van der Waals surface area contributed by atoms with Crippen LogP contribution in [0.15, 0.2) is 18.2 Å². The molecule has 0 N–H and O–H groups in total. The topological polar surface area (TPSA) is 43.4 Å². The lowest BCUT2D eigenvalue weighted by atomic mass is 9.55. The Labute approximate surface area is 162 Å². The second kappa shape index (κ2) is 6.46. The SMILES string of the molecule is CC(C)(C)C(=O)O[C@H]1CC[C@H]2[C@@H]3CCc4cc(C=O)ccc4[C@H]3CC[C@]12C. The van der Waals surface area contributed by atoms with E-state index in [-0.39, 0.29) is 17.5 Å². The summed E-state index contributed by atoms with van der Waals surface area (Å²) < 4.78 is 6.05. The molecule has 2 saturated carbocycles. The monoisotopic (exact) mass is 368 g/mol. The molecular formula is C24H32O3. The number of aldehydes is 1. The van der Waals surface area contributed by atoms with Crippen molar-refractivity contribution in [3.8, 4) is 0 Å². The van der Waals surface area contributed by atoms with Gasteiger partial charge in [0.1, 0.15) is 12.4 Å². The van der Waals surface area contributed by atoms with E-state index >= 15 is 0 Å². The number of esters is 1. The summed E-state index contributed by atoms with van der Waals surface area (Å²) in [7, 11) is 0. The first-order chi connectivity index (χ1) is 12.7. The standard InChI is InChI=1S/C24H32O3/c1-23(2,3)22(26)27-21-10-9-20-19-8-6-16-13-15(14-25)5-7-17(16)18(19)11-12-24(20,21)4/h5,7,13-14,18-21H,6,8-12H2,1-4H3/t18-,19-,20+,21+,24+/m1/s1. The van der Waals surface area contributed by atoms with Crippen LogP contribution < -0.4 is 0 Å². The van der Waals surface area contributed by atoms with Crippen LogP contribution in [0.25, 0.3) is 0 Å². The lowest BCUT2D eigenvalue weighted by Gasteiger charge is -2.50. The van der Waals surface area contributed by atoms with E-state index in [0.717, 1.165) is 37.5 Å². The molecule has 4 rings (SSSR count). The number of benzene rings is 1. The predicted molar refractivity (Wildman–Crippen MR) is 106 cm³/mol. The van der Waals surface area contributed by atoms with Gasteiger partial charge in [-0.05, 0) is 94.2 Å². The molecule has 0 spiro atoms. The molecule has 0 aliphatic heterocycles. The second-order valence-electron chi connectivity index (χ2n) is 10.3. The first-order valence-electron chi connectivity index (χ1n) is 10.5. The fourth-order valence-electron chi connectivity index (χ4n) is 6.13. The summed E-state index contributed by atoms with van der Waals surface area (Å²) in [5, 5.41) is 0. The van der Waals surface area contributed by atoms with Crippen LogP contribution in [0.1, 0.15) is 87.2 Å². The van der Waals surface area contributed by atoms with Crippen LogP contribution in [0.5, 0.6) is 0 Å². The Kier molecular flexibility index (Phi) is 4.48. The zero-order valence-corrected chi connectivity index (χ0v) is 17.1. The molecule has 1 aromatic rings. The van der Waals surface area contributed by atoms with Gasteiger partial charge in [0, 0.05) is 11.0 Å². The number of hydrogen-bond acceptors (Lipinski definition) is 3. The molecule has 3 aliphatic carbocycles. The zero-order valence-electron chi connectivity index (χ0n) is 17.1. The quantitative estimate of drug-likeness (QED) is 0.524. The molecule has 0 radical (unpaired) electrons. The number of fused-ring (bicyclic) bond motifs is 5. The molecule has 1 aromatic carbocycles. The average Bonchev–Trinajstić information content (AvgIpc) is 2.96. The van der Waals surface area contributed by atoms with Crippen LogP contribution in [0.4, 0.5) is 0 Å². The molecule has 5 atom stereocenters. The Bertz CT molecular complexity index is 759. The minimum atomic E-state index is -0.439. The third-order valence-corrected chi connectivity index (χ3v) is 7.66. The van der Waals surface area contributed by atoms with E-state index < -0.39 is 5.41 Å². The molecule has 0 unspecified atom stereocenters. The van der Waals surface area contributed by atoms with E-state index in [4.69, 9.17) is 4.74 Å². The van der Waals surface area contributed by atoms with Crippen molar-refractivity contribution in [3.05, 3.63) is 34.9 Å². The maximum absolute atomic E-state index is 12.5.